The third-order valence-corrected chi connectivity index (χ3v) is 4.06. The number of nitro groups is 1. The summed E-state index contributed by atoms with van der Waals surface area (Å²) in [5.74, 6) is 0.0246. The van der Waals surface area contributed by atoms with Gasteiger partial charge in [0.25, 0.3) is 5.69 Å². The minimum absolute atomic E-state index is 0.0246. The molecule has 1 atom stereocenters. The molecule has 1 aliphatic heterocycles. The fraction of sp³-hybridized carbons (Fsp3) is 0.533. The summed E-state index contributed by atoms with van der Waals surface area (Å²) in [4.78, 5) is 11.8. The van der Waals surface area contributed by atoms with Crippen molar-refractivity contribution in [2.24, 2.45) is 5.92 Å². The average molecular weight is 342 g/mol. The van der Waals surface area contributed by atoms with Crippen molar-refractivity contribution in [3.8, 4) is 6.07 Å². The van der Waals surface area contributed by atoms with Gasteiger partial charge in [0.2, 0.25) is 0 Å². The van der Waals surface area contributed by atoms with E-state index in [4.69, 9.17) is 5.26 Å². The molecule has 0 unspecified atom stereocenters. The molecule has 0 radical (unpaired) electrons. The molecule has 0 aliphatic carbocycles. The van der Waals surface area contributed by atoms with Gasteiger partial charge in [-0.2, -0.15) is 18.4 Å². The highest BCUT2D eigenvalue weighted by Gasteiger charge is 2.34. The number of likely N-dealkylation sites (tertiary alicyclic amines) is 1. The second-order valence-electron chi connectivity index (χ2n) is 5.92. The largest absolute Gasteiger partial charge is 0.401 e. The maximum atomic E-state index is 12.4. The highest BCUT2D eigenvalue weighted by Crippen LogP contribution is 2.29. The van der Waals surface area contributed by atoms with Crippen molar-refractivity contribution >= 4 is 11.4 Å². The number of hydrogen-bond donors (Lipinski definition) is 1. The Labute approximate surface area is 137 Å². The van der Waals surface area contributed by atoms with E-state index in [1.54, 1.807) is 6.92 Å². The van der Waals surface area contributed by atoms with Gasteiger partial charge in [0, 0.05) is 30.4 Å². The van der Waals surface area contributed by atoms with E-state index < -0.39 is 17.6 Å². The van der Waals surface area contributed by atoms with Crippen LogP contribution < -0.4 is 5.32 Å². The molecule has 0 amide bonds. The van der Waals surface area contributed by atoms with Crippen molar-refractivity contribution in [3.05, 3.63) is 33.4 Å². The fourth-order valence-electron chi connectivity index (χ4n) is 2.87. The summed E-state index contributed by atoms with van der Waals surface area (Å²) < 4.78 is 37.2. The van der Waals surface area contributed by atoms with E-state index >= 15 is 0 Å². The molecular formula is C15H17F3N4O2. The summed E-state index contributed by atoms with van der Waals surface area (Å²) in [6.07, 6.45) is -3.58. The van der Waals surface area contributed by atoms with Crippen LogP contribution in [0.3, 0.4) is 0 Å². The van der Waals surface area contributed by atoms with Crippen LogP contribution in [0.4, 0.5) is 24.5 Å². The maximum absolute atomic E-state index is 12.4. The Balaban J connectivity index is 2.01. The van der Waals surface area contributed by atoms with E-state index in [2.05, 4.69) is 5.32 Å². The lowest BCUT2D eigenvalue weighted by Crippen LogP contribution is -2.33. The van der Waals surface area contributed by atoms with Crippen molar-refractivity contribution in [1.29, 1.82) is 5.26 Å². The Morgan fingerprint density at radius 1 is 1.50 bits per heavy atom. The number of rotatable bonds is 5. The second kappa shape index (κ2) is 7.05. The Morgan fingerprint density at radius 3 is 2.79 bits per heavy atom. The van der Waals surface area contributed by atoms with Gasteiger partial charge in [-0.25, -0.2) is 0 Å². The SMILES string of the molecule is Cc1c(NC[C@H]2CCN(CC(F)(F)F)C2)cc(C#N)cc1[N+](=O)[O-]. The number of nitro benzene ring substituents is 1. The van der Waals surface area contributed by atoms with Crippen molar-refractivity contribution in [2.45, 2.75) is 19.5 Å². The van der Waals surface area contributed by atoms with Crippen LogP contribution >= 0.6 is 0 Å². The molecular weight excluding hydrogens is 325 g/mol. The molecule has 1 N–H and O–H groups in total. The number of nitrogens with zero attached hydrogens (tertiary/aromatic N) is 3. The first-order valence-corrected chi connectivity index (χ1v) is 7.41. The van der Waals surface area contributed by atoms with Gasteiger partial charge in [-0.1, -0.05) is 0 Å². The van der Waals surface area contributed by atoms with Gasteiger partial charge in [-0.15, -0.1) is 0 Å². The molecule has 2 rings (SSSR count). The van der Waals surface area contributed by atoms with Gasteiger partial charge >= 0.3 is 6.18 Å². The third kappa shape index (κ3) is 4.58. The van der Waals surface area contributed by atoms with Crippen molar-refractivity contribution in [3.63, 3.8) is 0 Å². The second-order valence-corrected chi connectivity index (χ2v) is 5.92. The lowest BCUT2D eigenvalue weighted by molar-refractivity contribution is -0.385. The summed E-state index contributed by atoms with van der Waals surface area (Å²) in [7, 11) is 0. The van der Waals surface area contributed by atoms with Crippen molar-refractivity contribution in [1.82, 2.24) is 4.90 Å². The van der Waals surface area contributed by atoms with Crippen LogP contribution in [-0.4, -0.2) is 42.2 Å². The van der Waals surface area contributed by atoms with Crippen molar-refractivity contribution < 1.29 is 18.1 Å². The standard InChI is InChI=1S/C15H17F3N4O2/c1-10-13(4-12(6-19)5-14(10)22(23)24)20-7-11-2-3-21(8-11)9-15(16,17)18/h4-5,11,20H,2-3,7-9H2,1H3/t11-/m1/s1. The third-order valence-electron chi connectivity index (χ3n) is 4.06. The lowest BCUT2D eigenvalue weighted by atomic mass is 10.1. The van der Waals surface area contributed by atoms with Crippen LogP contribution in [0.2, 0.25) is 0 Å². The van der Waals surface area contributed by atoms with Crippen LogP contribution in [0.25, 0.3) is 0 Å². The number of hydrogen-bond acceptors (Lipinski definition) is 5. The summed E-state index contributed by atoms with van der Waals surface area (Å²) in [6.45, 7) is 1.76. The fourth-order valence-corrected chi connectivity index (χ4v) is 2.87. The molecule has 1 aliphatic rings. The first-order valence-electron chi connectivity index (χ1n) is 7.41. The Hall–Kier alpha value is -2.34. The monoisotopic (exact) mass is 342 g/mol. The van der Waals surface area contributed by atoms with Crippen LogP contribution in [0, 0.1) is 34.3 Å². The predicted octanol–water partition coefficient (Wildman–Crippen LogP) is 3.07. The number of nitrogens with one attached hydrogen (secondary N) is 1. The molecule has 0 aromatic heterocycles. The van der Waals surface area contributed by atoms with Crippen LogP contribution in [-0.2, 0) is 0 Å². The maximum Gasteiger partial charge on any atom is 0.401 e. The van der Waals surface area contributed by atoms with E-state index in [9.17, 15) is 23.3 Å². The molecule has 130 valence electrons. The van der Waals surface area contributed by atoms with Crippen LogP contribution in [0.15, 0.2) is 12.1 Å². The lowest BCUT2D eigenvalue weighted by Gasteiger charge is -2.18. The molecule has 1 heterocycles. The molecule has 0 saturated carbocycles. The molecule has 1 aromatic rings. The molecule has 1 saturated heterocycles. The number of nitriles is 1. The van der Waals surface area contributed by atoms with Crippen molar-refractivity contribution in [2.75, 3.05) is 31.5 Å². The van der Waals surface area contributed by atoms with E-state index in [0.29, 0.717) is 37.3 Å². The molecule has 0 spiro atoms. The molecule has 0 bridgehead atoms. The number of benzene rings is 1. The van der Waals surface area contributed by atoms with E-state index in [1.165, 1.54) is 17.0 Å². The number of halogens is 3. The highest BCUT2D eigenvalue weighted by atomic mass is 19.4. The van der Waals surface area contributed by atoms with E-state index in [-0.39, 0.29) is 17.2 Å². The van der Waals surface area contributed by atoms with Gasteiger partial charge < -0.3 is 5.32 Å². The average Bonchev–Trinajstić information content (AvgIpc) is 2.91. The summed E-state index contributed by atoms with van der Waals surface area (Å²) in [6, 6.07) is 4.60. The molecule has 24 heavy (non-hydrogen) atoms. The minimum Gasteiger partial charge on any atom is -0.384 e. The van der Waals surface area contributed by atoms with Crippen LogP contribution in [0.1, 0.15) is 17.5 Å². The topological polar surface area (TPSA) is 82.2 Å². The molecule has 1 fully saturated rings. The smallest absolute Gasteiger partial charge is 0.384 e. The zero-order valence-corrected chi connectivity index (χ0v) is 13.1. The molecule has 1 aromatic carbocycles. The summed E-state index contributed by atoms with van der Waals surface area (Å²) in [5, 5.41) is 23.0. The first-order chi connectivity index (χ1) is 11.2. The predicted molar refractivity (Wildman–Crippen MR) is 81.6 cm³/mol. The van der Waals surface area contributed by atoms with E-state index in [0.717, 1.165) is 0 Å². The van der Waals surface area contributed by atoms with Gasteiger partial charge in [-0.05, 0) is 31.9 Å². The zero-order valence-electron chi connectivity index (χ0n) is 13.1. The Bertz CT molecular complexity index is 670. The van der Waals surface area contributed by atoms with E-state index in [1.807, 2.05) is 6.07 Å². The summed E-state index contributed by atoms with van der Waals surface area (Å²) >= 11 is 0. The normalized spacial score (nSPS) is 18.4. The highest BCUT2D eigenvalue weighted by molar-refractivity contribution is 5.64. The van der Waals surface area contributed by atoms with Gasteiger partial charge in [0.05, 0.1) is 23.1 Å². The first kappa shape index (κ1) is 18.0. The Kier molecular flexibility index (Phi) is 5.29. The Morgan fingerprint density at radius 2 is 2.21 bits per heavy atom. The van der Waals surface area contributed by atoms with Gasteiger partial charge in [-0.3, -0.25) is 15.0 Å². The molecule has 6 nitrogen and oxygen atoms in total. The number of alkyl halides is 3. The minimum atomic E-state index is -4.21. The quantitative estimate of drug-likeness (QED) is 0.657. The van der Waals surface area contributed by atoms with Gasteiger partial charge in [0.1, 0.15) is 0 Å². The zero-order chi connectivity index (χ0) is 17.9. The van der Waals surface area contributed by atoms with Gasteiger partial charge in [0.15, 0.2) is 0 Å². The number of anilines is 1. The molecule has 9 heteroatoms. The van der Waals surface area contributed by atoms with Crippen LogP contribution in [0.5, 0.6) is 0 Å². The summed E-state index contributed by atoms with van der Waals surface area (Å²) in [5.41, 5.74) is 0.890.